The molecule has 0 fully saturated rings. The highest BCUT2D eigenvalue weighted by Crippen LogP contribution is 2.24. The molecular formula is C14H10Cl2INO. The summed E-state index contributed by atoms with van der Waals surface area (Å²) in [7, 11) is 0. The monoisotopic (exact) mass is 405 g/mol. The zero-order valence-electron chi connectivity index (χ0n) is 10.0. The predicted molar refractivity (Wildman–Crippen MR) is 88.3 cm³/mol. The Morgan fingerprint density at radius 2 is 1.95 bits per heavy atom. The molecule has 2 nitrogen and oxygen atoms in total. The molecule has 0 atom stereocenters. The minimum Gasteiger partial charge on any atom is -0.321 e. The molecule has 19 heavy (non-hydrogen) atoms. The van der Waals surface area contributed by atoms with Gasteiger partial charge in [0, 0.05) is 19.2 Å². The zero-order chi connectivity index (χ0) is 14.0. The van der Waals surface area contributed by atoms with Crippen LogP contribution in [0.5, 0.6) is 0 Å². The zero-order valence-corrected chi connectivity index (χ0v) is 13.7. The van der Waals surface area contributed by atoms with Crippen molar-refractivity contribution in [3.8, 4) is 0 Å². The van der Waals surface area contributed by atoms with Gasteiger partial charge in [0.05, 0.1) is 5.69 Å². The first-order valence-corrected chi connectivity index (χ1v) is 7.34. The van der Waals surface area contributed by atoms with Crippen LogP contribution >= 0.6 is 45.8 Å². The Kier molecular flexibility index (Phi) is 4.71. The average Bonchev–Trinajstić information content (AvgIpc) is 2.36. The summed E-state index contributed by atoms with van der Waals surface area (Å²) in [6, 6.07) is 10.6. The van der Waals surface area contributed by atoms with Gasteiger partial charge in [-0.3, -0.25) is 4.79 Å². The van der Waals surface area contributed by atoms with E-state index in [9.17, 15) is 4.79 Å². The first-order chi connectivity index (χ1) is 8.99. The van der Waals surface area contributed by atoms with E-state index in [4.69, 9.17) is 23.2 Å². The molecule has 0 aliphatic heterocycles. The quantitative estimate of drug-likeness (QED) is 0.687. The number of carbonyl (C=O) groups excluding carboxylic acids is 1. The van der Waals surface area contributed by atoms with Gasteiger partial charge in [-0.25, -0.2) is 0 Å². The average molecular weight is 406 g/mol. The summed E-state index contributed by atoms with van der Waals surface area (Å²) < 4.78 is 0.887. The Bertz CT molecular complexity index is 643. The Morgan fingerprint density at radius 3 is 2.63 bits per heavy atom. The maximum atomic E-state index is 12.2. The lowest BCUT2D eigenvalue weighted by Crippen LogP contribution is -2.14. The van der Waals surface area contributed by atoms with E-state index in [-0.39, 0.29) is 5.91 Å². The maximum Gasteiger partial charge on any atom is 0.256 e. The van der Waals surface area contributed by atoms with E-state index in [1.54, 1.807) is 36.4 Å². The van der Waals surface area contributed by atoms with Crippen molar-refractivity contribution in [1.29, 1.82) is 0 Å². The van der Waals surface area contributed by atoms with Crippen LogP contribution in [0, 0.1) is 10.5 Å². The van der Waals surface area contributed by atoms with E-state index < -0.39 is 0 Å². The third kappa shape index (κ3) is 3.41. The lowest BCUT2D eigenvalue weighted by atomic mass is 10.1. The van der Waals surface area contributed by atoms with Crippen molar-refractivity contribution in [2.75, 3.05) is 5.32 Å². The number of hydrogen-bond acceptors (Lipinski definition) is 1. The topological polar surface area (TPSA) is 29.1 Å². The largest absolute Gasteiger partial charge is 0.321 e. The van der Waals surface area contributed by atoms with Crippen LogP contribution in [0.1, 0.15) is 15.9 Å². The molecule has 1 N–H and O–H groups in total. The van der Waals surface area contributed by atoms with Gasteiger partial charge in [-0.05, 0) is 65.4 Å². The summed E-state index contributed by atoms with van der Waals surface area (Å²) in [6.07, 6.45) is 0. The fourth-order valence-corrected chi connectivity index (χ4v) is 2.81. The van der Waals surface area contributed by atoms with Gasteiger partial charge in [0.15, 0.2) is 0 Å². The molecule has 98 valence electrons. The number of hydrogen-bond donors (Lipinski definition) is 1. The molecule has 0 aromatic heterocycles. The number of benzene rings is 2. The molecule has 1 amide bonds. The van der Waals surface area contributed by atoms with E-state index in [1.807, 2.05) is 6.92 Å². The third-order valence-electron chi connectivity index (χ3n) is 2.69. The Balaban J connectivity index is 2.28. The molecule has 0 heterocycles. The standard InChI is InChI=1S/C14H10Cl2INO/c1-8-10(3-2-4-11(8)16)14(19)18-13-6-5-9(15)7-12(13)17/h2-7H,1H3,(H,18,19). The predicted octanol–water partition coefficient (Wildman–Crippen LogP) is 5.16. The first kappa shape index (κ1) is 14.6. The molecule has 2 rings (SSSR count). The van der Waals surface area contributed by atoms with E-state index in [1.165, 1.54) is 0 Å². The molecule has 0 bridgehead atoms. The van der Waals surface area contributed by atoms with Crippen LogP contribution in [0.3, 0.4) is 0 Å². The van der Waals surface area contributed by atoms with Gasteiger partial charge in [-0.1, -0.05) is 29.3 Å². The molecule has 0 saturated heterocycles. The fourth-order valence-electron chi connectivity index (χ4n) is 1.63. The van der Waals surface area contributed by atoms with Crippen molar-refractivity contribution in [1.82, 2.24) is 0 Å². The number of anilines is 1. The van der Waals surface area contributed by atoms with Crippen molar-refractivity contribution >= 4 is 57.4 Å². The van der Waals surface area contributed by atoms with E-state index in [0.29, 0.717) is 15.6 Å². The summed E-state index contributed by atoms with van der Waals surface area (Å²) in [5.41, 5.74) is 2.07. The van der Waals surface area contributed by atoms with Gasteiger partial charge in [0.2, 0.25) is 0 Å². The second-order valence-electron chi connectivity index (χ2n) is 3.99. The number of carbonyl (C=O) groups is 1. The molecule has 0 saturated carbocycles. The van der Waals surface area contributed by atoms with E-state index >= 15 is 0 Å². The van der Waals surface area contributed by atoms with Crippen molar-refractivity contribution in [3.63, 3.8) is 0 Å². The second-order valence-corrected chi connectivity index (χ2v) is 6.00. The highest BCUT2D eigenvalue weighted by molar-refractivity contribution is 14.1. The minimum atomic E-state index is -0.180. The maximum absolute atomic E-state index is 12.2. The first-order valence-electron chi connectivity index (χ1n) is 5.50. The van der Waals surface area contributed by atoms with Crippen LogP contribution in [0.15, 0.2) is 36.4 Å². The van der Waals surface area contributed by atoms with Crippen molar-refractivity contribution < 1.29 is 4.79 Å². The number of rotatable bonds is 2. The number of halogens is 3. The Labute approximate surface area is 135 Å². The van der Waals surface area contributed by atoms with Gasteiger partial charge in [0.25, 0.3) is 5.91 Å². The van der Waals surface area contributed by atoms with Crippen molar-refractivity contribution in [2.45, 2.75) is 6.92 Å². The van der Waals surface area contributed by atoms with Gasteiger partial charge in [-0.2, -0.15) is 0 Å². The normalized spacial score (nSPS) is 10.3. The molecular weight excluding hydrogens is 396 g/mol. The van der Waals surface area contributed by atoms with Crippen LogP contribution in [0.25, 0.3) is 0 Å². The minimum absolute atomic E-state index is 0.180. The summed E-state index contributed by atoms with van der Waals surface area (Å²) in [5.74, 6) is -0.180. The van der Waals surface area contributed by atoms with Crippen LogP contribution in [0.2, 0.25) is 10.0 Å². The van der Waals surface area contributed by atoms with E-state index in [0.717, 1.165) is 14.8 Å². The fraction of sp³-hybridized carbons (Fsp3) is 0.0714. The van der Waals surface area contributed by atoms with Gasteiger partial charge >= 0.3 is 0 Å². The summed E-state index contributed by atoms with van der Waals surface area (Å²) in [5, 5.41) is 4.08. The van der Waals surface area contributed by atoms with E-state index in [2.05, 4.69) is 27.9 Å². The SMILES string of the molecule is Cc1c(Cl)cccc1C(=O)Nc1ccc(Cl)cc1I. The summed E-state index contributed by atoms with van der Waals surface area (Å²) in [6.45, 7) is 1.82. The molecule has 5 heteroatoms. The van der Waals surface area contributed by atoms with Crippen molar-refractivity contribution in [2.24, 2.45) is 0 Å². The molecule has 2 aromatic carbocycles. The molecule has 0 aliphatic carbocycles. The second kappa shape index (κ2) is 6.11. The van der Waals surface area contributed by atoms with Gasteiger partial charge in [0.1, 0.15) is 0 Å². The Morgan fingerprint density at radius 1 is 1.21 bits per heavy atom. The third-order valence-corrected chi connectivity index (χ3v) is 4.23. The number of nitrogens with one attached hydrogen (secondary N) is 1. The number of amides is 1. The smallest absolute Gasteiger partial charge is 0.256 e. The molecule has 0 aliphatic rings. The molecule has 0 radical (unpaired) electrons. The van der Waals surface area contributed by atoms with Gasteiger partial charge in [-0.15, -0.1) is 0 Å². The lowest BCUT2D eigenvalue weighted by molar-refractivity contribution is 0.102. The highest BCUT2D eigenvalue weighted by Gasteiger charge is 2.12. The lowest BCUT2D eigenvalue weighted by Gasteiger charge is -2.10. The highest BCUT2D eigenvalue weighted by atomic mass is 127. The van der Waals surface area contributed by atoms with Crippen LogP contribution < -0.4 is 5.32 Å². The van der Waals surface area contributed by atoms with Crippen LogP contribution in [-0.2, 0) is 0 Å². The molecule has 0 spiro atoms. The summed E-state index contributed by atoms with van der Waals surface area (Å²) in [4.78, 5) is 12.2. The van der Waals surface area contributed by atoms with Crippen LogP contribution in [0.4, 0.5) is 5.69 Å². The van der Waals surface area contributed by atoms with Crippen molar-refractivity contribution in [3.05, 3.63) is 61.1 Å². The Hall–Kier alpha value is -0.780. The molecule has 2 aromatic rings. The van der Waals surface area contributed by atoms with Gasteiger partial charge < -0.3 is 5.32 Å². The van der Waals surface area contributed by atoms with Crippen LogP contribution in [-0.4, -0.2) is 5.91 Å². The summed E-state index contributed by atoms with van der Waals surface area (Å²) >= 11 is 14.0. The molecule has 0 unspecified atom stereocenters.